The minimum Gasteiger partial charge on any atom is -0.379 e. The maximum atomic E-state index is 13.2. The Hall–Kier alpha value is -2.38. The average molecular weight is 443 g/mol. The number of rotatable bonds is 11. The quantitative estimate of drug-likeness (QED) is 0.526. The van der Waals surface area contributed by atoms with Crippen LogP contribution in [0, 0.1) is 5.92 Å². The van der Waals surface area contributed by atoms with Gasteiger partial charge in [0.1, 0.15) is 5.69 Å². The van der Waals surface area contributed by atoms with Crippen molar-refractivity contribution >= 4 is 11.8 Å². The fraction of sp³-hybridized carbons (Fsp3) is 0.600. The lowest BCUT2D eigenvalue weighted by Crippen LogP contribution is -2.43. The molecule has 176 valence electrons. The number of ether oxygens (including phenoxy) is 1. The zero-order valence-corrected chi connectivity index (χ0v) is 20.0. The summed E-state index contributed by atoms with van der Waals surface area (Å²) in [5.74, 6) is 1.26. The van der Waals surface area contributed by atoms with Gasteiger partial charge in [-0.2, -0.15) is 0 Å². The van der Waals surface area contributed by atoms with E-state index in [1.165, 1.54) is 0 Å². The molecule has 0 atom stereocenters. The van der Waals surface area contributed by atoms with Gasteiger partial charge in [-0.15, -0.1) is 0 Å². The van der Waals surface area contributed by atoms with Gasteiger partial charge in [0.05, 0.1) is 25.3 Å². The maximum absolute atomic E-state index is 13.2. The van der Waals surface area contributed by atoms with Crippen LogP contribution in [0.3, 0.4) is 0 Å². The van der Waals surface area contributed by atoms with E-state index >= 15 is 0 Å². The Morgan fingerprint density at radius 3 is 2.44 bits per heavy atom. The number of hydrogen-bond acceptors (Lipinski definition) is 6. The van der Waals surface area contributed by atoms with Crippen molar-refractivity contribution in [2.75, 3.05) is 57.4 Å². The van der Waals surface area contributed by atoms with E-state index in [-0.39, 0.29) is 5.91 Å². The molecule has 2 heterocycles. The highest BCUT2D eigenvalue weighted by atomic mass is 16.5. The number of amides is 1. The molecule has 7 nitrogen and oxygen atoms in total. The molecule has 0 N–H and O–H groups in total. The van der Waals surface area contributed by atoms with Gasteiger partial charge in [0, 0.05) is 51.3 Å². The second-order valence-electron chi connectivity index (χ2n) is 8.72. The molecule has 2 aromatic rings. The molecule has 0 unspecified atom stereocenters. The lowest BCUT2D eigenvalue weighted by atomic mass is 10.1. The molecule has 0 radical (unpaired) electrons. The van der Waals surface area contributed by atoms with Crippen molar-refractivity contribution in [2.24, 2.45) is 5.92 Å². The summed E-state index contributed by atoms with van der Waals surface area (Å²) >= 11 is 0. The molecule has 1 aliphatic heterocycles. The fourth-order valence-electron chi connectivity index (χ4n) is 4.07. The first-order chi connectivity index (χ1) is 15.5. The molecule has 0 saturated carbocycles. The van der Waals surface area contributed by atoms with Crippen LogP contribution >= 0.6 is 0 Å². The Labute approximate surface area is 192 Å². The second-order valence-corrected chi connectivity index (χ2v) is 8.72. The van der Waals surface area contributed by atoms with Gasteiger partial charge >= 0.3 is 0 Å². The molecule has 0 aliphatic carbocycles. The van der Waals surface area contributed by atoms with Gasteiger partial charge in [-0.3, -0.25) is 9.69 Å². The van der Waals surface area contributed by atoms with E-state index in [0.717, 1.165) is 68.6 Å². The standard InChI is InChI=1S/C25H38N4O3/c1-5-28(6-2)25-22(24(26-32-25)21-10-8-7-9-11-21)19-29(23(30)18-20(3)4)13-12-27-14-16-31-17-15-27/h7-11,20H,5-6,12-19H2,1-4H3. The molecular weight excluding hydrogens is 404 g/mol. The SMILES string of the molecule is CCN(CC)c1onc(-c2ccccc2)c1CN(CCN1CCOCC1)C(=O)CC(C)C. The second kappa shape index (κ2) is 12.0. The topological polar surface area (TPSA) is 62.1 Å². The minimum absolute atomic E-state index is 0.180. The van der Waals surface area contributed by atoms with Gasteiger partial charge in [0.2, 0.25) is 11.8 Å². The Bertz CT molecular complexity index is 827. The Kier molecular flexibility index (Phi) is 9.11. The number of anilines is 1. The first-order valence-corrected chi connectivity index (χ1v) is 11.9. The van der Waals surface area contributed by atoms with Crippen molar-refractivity contribution in [3.63, 3.8) is 0 Å². The van der Waals surface area contributed by atoms with Crippen LogP contribution in [0.2, 0.25) is 0 Å². The lowest BCUT2D eigenvalue weighted by molar-refractivity contribution is -0.133. The fourth-order valence-corrected chi connectivity index (χ4v) is 4.07. The van der Waals surface area contributed by atoms with E-state index in [0.29, 0.717) is 25.4 Å². The summed E-state index contributed by atoms with van der Waals surface area (Å²) < 4.78 is 11.3. The Balaban J connectivity index is 1.89. The number of hydrogen-bond donors (Lipinski definition) is 0. The molecule has 1 aliphatic rings. The summed E-state index contributed by atoms with van der Waals surface area (Å²) in [4.78, 5) is 19.8. The summed E-state index contributed by atoms with van der Waals surface area (Å²) in [5.41, 5.74) is 2.81. The number of carbonyl (C=O) groups excluding carboxylic acids is 1. The largest absolute Gasteiger partial charge is 0.379 e. The van der Waals surface area contributed by atoms with Gasteiger partial charge < -0.3 is 19.1 Å². The molecule has 7 heteroatoms. The van der Waals surface area contributed by atoms with Crippen LogP contribution in [0.1, 0.15) is 39.7 Å². The summed E-state index contributed by atoms with van der Waals surface area (Å²) in [6, 6.07) is 10.1. The molecule has 32 heavy (non-hydrogen) atoms. The first kappa shape index (κ1) is 24.3. The zero-order valence-electron chi connectivity index (χ0n) is 20.0. The molecule has 1 aromatic heterocycles. The maximum Gasteiger partial charge on any atom is 0.232 e. The van der Waals surface area contributed by atoms with Crippen molar-refractivity contribution in [3.8, 4) is 11.3 Å². The molecular formula is C25H38N4O3. The molecule has 0 spiro atoms. The third-order valence-corrected chi connectivity index (χ3v) is 5.94. The number of morpholine rings is 1. The molecule has 1 aromatic carbocycles. The van der Waals surface area contributed by atoms with Crippen LogP contribution in [-0.2, 0) is 16.1 Å². The summed E-state index contributed by atoms with van der Waals surface area (Å²) in [7, 11) is 0. The van der Waals surface area contributed by atoms with Crippen molar-refractivity contribution in [1.29, 1.82) is 0 Å². The lowest BCUT2D eigenvalue weighted by Gasteiger charge is -2.31. The highest BCUT2D eigenvalue weighted by molar-refractivity contribution is 5.77. The summed E-state index contributed by atoms with van der Waals surface area (Å²) in [6.45, 7) is 15.4. The monoisotopic (exact) mass is 442 g/mol. The Morgan fingerprint density at radius 1 is 1.12 bits per heavy atom. The molecule has 0 bridgehead atoms. The highest BCUT2D eigenvalue weighted by Gasteiger charge is 2.26. The number of nitrogens with zero attached hydrogens (tertiary/aromatic N) is 4. The van der Waals surface area contributed by atoms with Crippen LogP contribution in [0.5, 0.6) is 0 Å². The van der Waals surface area contributed by atoms with Crippen LogP contribution < -0.4 is 4.90 Å². The summed E-state index contributed by atoms with van der Waals surface area (Å²) in [5, 5.41) is 4.44. The minimum atomic E-state index is 0.180. The normalized spacial score (nSPS) is 14.7. The zero-order chi connectivity index (χ0) is 22.9. The molecule has 1 amide bonds. The average Bonchev–Trinajstić information content (AvgIpc) is 3.21. The molecule has 3 rings (SSSR count). The third-order valence-electron chi connectivity index (χ3n) is 5.94. The van der Waals surface area contributed by atoms with Crippen LogP contribution in [0.4, 0.5) is 5.88 Å². The van der Waals surface area contributed by atoms with E-state index in [2.05, 4.69) is 42.7 Å². The van der Waals surface area contributed by atoms with Crippen molar-refractivity contribution in [1.82, 2.24) is 15.0 Å². The van der Waals surface area contributed by atoms with Crippen LogP contribution in [-0.4, -0.2) is 73.3 Å². The number of aromatic nitrogens is 1. The van der Waals surface area contributed by atoms with Crippen molar-refractivity contribution in [3.05, 3.63) is 35.9 Å². The van der Waals surface area contributed by atoms with Crippen molar-refractivity contribution in [2.45, 2.75) is 40.7 Å². The predicted octanol–water partition coefficient (Wildman–Crippen LogP) is 3.89. The highest BCUT2D eigenvalue weighted by Crippen LogP contribution is 2.32. The van der Waals surface area contributed by atoms with E-state index in [4.69, 9.17) is 9.26 Å². The van der Waals surface area contributed by atoms with Gasteiger partial charge in [-0.1, -0.05) is 49.3 Å². The predicted molar refractivity (Wildman–Crippen MR) is 128 cm³/mol. The van der Waals surface area contributed by atoms with Crippen LogP contribution in [0.15, 0.2) is 34.9 Å². The van der Waals surface area contributed by atoms with Gasteiger partial charge in [-0.25, -0.2) is 0 Å². The molecule has 1 saturated heterocycles. The number of carbonyl (C=O) groups is 1. The van der Waals surface area contributed by atoms with Crippen molar-refractivity contribution < 1.29 is 14.1 Å². The van der Waals surface area contributed by atoms with E-state index in [1.807, 2.05) is 35.2 Å². The Morgan fingerprint density at radius 2 is 1.81 bits per heavy atom. The third kappa shape index (κ3) is 6.33. The van der Waals surface area contributed by atoms with Gasteiger partial charge in [0.15, 0.2) is 0 Å². The smallest absolute Gasteiger partial charge is 0.232 e. The molecule has 1 fully saturated rings. The number of benzene rings is 1. The first-order valence-electron chi connectivity index (χ1n) is 11.9. The van der Waals surface area contributed by atoms with E-state index in [1.54, 1.807) is 0 Å². The summed E-state index contributed by atoms with van der Waals surface area (Å²) in [6.07, 6.45) is 0.537. The van der Waals surface area contributed by atoms with Crippen LogP contribution in [0.25, 0.3) is 11.3 Å². The van der Waals surface area contributed by atoms with Gasteiger partial charge in [-0.05, 0) is 19.8 Å². The van der Waals surface area contributed by atoms with E-state index < -0.39 is 0 Å². The van der Waals surface area contributed by atoms with Gasteiger partial charge in [0.25, 0.3) is 0 Å². The van der Waals surface area contributed by atoms with E-state index in [9.17, 15) is 4.79 Å².